The monoisotopic (exact) mass is 510 g/mol. The van der Waals surface area contributed by atoms with E-state index in [0.29, 0.717) is 12.1 Å². The summed E-state index contributed by atoms with van der Waals surface area (Å²) in [6.45, 7) is 3.44. The summed E-state index contributed by atoms with van der Waals surface area (Å²) in [5.41, 5.74) is -0.156. The van der Waals surface area contributed by atoms with E-state index in [2.05, 4.69) is 0 Å². The number of benzene rings is 1. The number of pyridine rings is 1. The van der Waals surface area contributed by atoms with Crippen LogP contribution in [0.3, 0.4) is 0 Å². The van der Waals surface area contributed by atoms with E-state index in [4.69, 9.17) is 4.74 Å². The lowest BCUT2D eigenvalue weighted by molar-refractivity contribution is -0.239. The predicted molar refractivity (Wildman–Crippen MR) is 124 cm³/mol. The van der Waals surface area contributed by atoms with Crippen molar-refractivity contribution in [3.05, 3.63) is 52.9 Å². The van der Waals surface area contributed by atoms with Crippen LogP contribution in [0.1, 0.15) is 39.5 Å². The molecular weight excluding hydrogens is 482 g/mol. The molecule has 2 aromatic rings. The number of alkyl halides is 2. The molecule has 5 atom stereocenters. The molecule has 190 valence electrons. The van der Waals surface area contributed by atoms with Gasteiger partial charge in [-0.2, -0.15) is 4.39 Å². The molecule has 2 bridgehead atoms. The third kappa shape index (κ3) is 4.30. The highest BCUT2D eigenvalue weighted by atomic mass is 32.2. The highest BCUT2D eigenvalue weighted by Crippen LogP contribution is 2.57. The van der Waals surface area contributed by atoms with Gasteiger partial charge < -0.3 is 9.84 Å². The molecule has 0 saturated carbocycles. The number of hydrogen-bond acceptors (Lipinski definition) is 5. The van der Waals surface area contributed by atoms with Gasteiger partial charge in [-0.15, -0.1) is 0 Å². The molecule has 8 nitrogen and oxygen atoms in total. The lowest BCUT2D eigenvalue weighted by Crippen LogP contribution is -2.66. The van der Waals surface area contributed by atoms with Gasteiger partial charge >= 0.3 is 6.09 Å². The van der Waals surface area contributed by atoms with Crippen LogP contribution in [0, 0.1) is 11.8 Å². The summed E-state index contributed by atoms with van der Waals surface area (Å²) in [4.78, 5) is 25.4. The van der Waals surface area contributed by atoms with Crippen LogP contribution in [-0.4, -0.2) is 53.0 Å². The Labute approximate surface area is 202 Å². The minimum absolute atomic E-state index is 0.0958. The zero-order valence-corrected chi connectivity index (χ0v) is 20.5. The Morgan fingerprint density at radius 2 is 1.91 bits per heavy atom. The largest absolute Gasteiger partial charge is 0.465 e. The number of nitrogens with zero attached hydrogens (tertiary/aromatic N) is 2. The molecule has 2 aliphatic heterocycles. The number of amides is 1. The van der Waals surface area contributed by atoms with Crippen molar-refractivity contribution in [2.75, 3.05) is 6.26 Å². The maximum absolute atomic E-state index is 16.4. The van der Waals surface area contributed by atoms with E-state index in [0.717, 1.165) is 17.2 Å². The van der Waals surface area contributed by atoms with E-state index < -0.39 is 51.0 Å². The topological polar surface area (TPSA) is 106 Å². The Balaban J connectivity index is 1.66. The first-order valence-corrected chi connectivity index (χ1v) is 13.3. The van der Waals surface area contributed by atoms with Crippen LogP contribution in [0.25, 0.3) is 5.69 Å². The van der Waals surface area contributed by atoms with Gasteiger partial charge in [0.05, 0.1) is 10.8 Å². The van der Waals surface area contributed by atoms with E-state index in [-0.39, 0.29) is 29.9 Å². The molecule has 0 radical (unpaired) electrons. The zero-order valence-electron chi connectivity index (χ0n) is 19.6. The molecule has 2 saturated heterocycles. The van der Waals surface area contributed by atoms with Crippen LogP contribution in [0.2, 0.25) is 0 Å². The van der Waals surface area contributed by atoms with Crippen molar-refractivity contribution in [3.8, 4) is 11.4 Å². The van der Waals surface area contributed by atoms with Crippen molar-refractivity contribution >= 4 is 15.9 Å². The molecule has 1 aromatic carbocycles. The van der Waals surface area contributed by atoms with Crippen molar-refractivity contribution < 1.29 is 31.8 Å². The molecule has 11 heteroatoms. The summed E-state index contributed by atoms with van der Waals surface area (Å²) in [7, 11) is -3.39. The van der Waals surface area contributed by atoms with Crippen molar-refractivity contribution in [2.45, 2.75) is 62.1 Å². The number of fused-ring (bicyclic) bond motifs is 2. The molecule has 1 N–H and O–H groups in total. The van der Waals surface area contributed by atoms with Gasteiger partial charge in [0, 0.05) is 43.1 Å². The maximum Gasteiger partial charge on any atom is 0.410 e. The van der Waals surface area contributed by atoms with E-state index >= 15 is 8.78 Å². The number of halogens is 2. The molecular formula is C24H28F2N2O6S. The van der Waals surface area contributed by atoms with Gasteiger partial charge in [-0.1, -0.05) is 20.3 Å². The molecule has 2 unspecified atom stereocenters. The van der Waals surface area contributed by atoms with Gasteiger partial charge in [-0.25, -0.2) is 17.6 Å². The second-order valence-corrected chi connectivity index (χ2v) is 11.5. The molecule has 1 aromatic heterocycles. The Morgan fingerprint density at radius 3 is 2.46 bits per heavy atom. The highest BCUT2D eigenvalue weighted by Gasteiger charge is 2.69. The van der Waals surface area contributed by atoms with Gasteiger partial charge in [0.1, 0.15) is 5.75 Å². The number of carbonyl (C=O) groups is 1. The lowest BCUT2D eigenvalue weighted by Gasteiger charge is -2.51. The standard InChI is InChI=1S/C24H28F2N2O6S/c1-4-15(2)21-23(25)11-9-17(28(23)22(30)31)14-24(21,26)34-18-10-12-27(20(29)13-18)16-5-7-19(8-6-16)35(3,32)33/h5-8,10,12-13,15,17,21H,4,9,11,14H2,1-3H3,(H,30,31)/t15?,17-,21?,23+,24+/m0/s1. The number of sulfone groups is 1. The fourth-order valence-electron chi connectivity index (χ4n) is 5.50. The van der Waals surface area contributed by atoms with Crippen molar-refractivity contribution in [1.29, 1.82) is 0 Å². The third-order valence-corrected chi connectivity index (χ3v) is 8.32. The number of piperidine rings is 1. The first kappa shape index (κ1) is 25.2. The van der Waals surface area contributed by atoms with E-state index in [1.54, 1.807) is 13.8 Å². The average Bonchev–Trinajstić information content (AvgIpc) is 3.03. The Kier molecular flexibility index (Phi) is 6.19. The molecule has 2 fully saturated rings. The number of aromatic nitrogens is 1. The summed E-state index contributed by atoms with van der Waals surface area (Å²) < 4.78 is 62.8. The molecule has 4 rings (SSSR count). The van der Waals surface area contributed by atoms with Crippen molar-refractivity contribution in [3.63, 3.8) is 0 Å². The number of hydrogen-bond donors (Lipinski definition) is 1. The number of ether oxygens (including phenoxy) is 1. The predicted octanol–water partition coefficient (Wildman–Crippen LogP) is 4.16. The molecule has 2 aliphatic rings. The van der Waals surface area contributed by atoms with Crippen LogP contribution in [0.15, 0.2) is 52.3 Å². The second kappa shape index (κ2) is 8.61. The lowest BCUT2D eigenvalue weighted by atomic mass is 9.74. The first-order chi connectivity index (χ1) is 16.3. The van der Waals surface area contributed by atoms with Crippen LogP contribution in [0.5, 0.6) is 5.75 Å². The van der Waals surface area contributed by atoms with Gasteiger partial charge in [0.25, 0.3) is 11.4 Å². The Bertz CT molecular complexity index is 1300. The molecule has 1 amide bonds. The van der Waals surface area contributed by atoms with Gasteiger partial charge in [-0.3, -0.25) is 14.3 Å². The van der Waals surface area contributed by atoms with Gasteiger partial charge in [0.2, 0.25) is 0 Å². The summed E-state index contributed by atoms with van der Waals surface area (Å²) in [5, 5.41) is 9.60. The van der Waals surface area contributed by atoms with E-state index in [1.807, 2.05) is 0 Å². The smallest absolute Gasteiger partial charge is 0.410 e. The number of carboxylic acid groups (broad SMARTS) is 1. The quantitative estimate of drug-likeness (QED) is 0.585. The molecule has 35 heavy (non-hydrogen) atoms. The van der Waals surface area contributed by atoms with Crippen molar-refractivity contribution in [1.82, 2.24) is 9.47 Å². The minimum atomic E-state index is -3.39. The summed E-state index contributed by atoms with van der Waals surface area (Å²) in [5.74, 6) is -6.91. The van der Waals surface area contributed by atoms with Crippen LogP contribution < -0.4 is 10.3 Å². The highest BCUT2D eigenvalue weighted by molar-refractivity contribution is 7.90. The SMILES string of the molecule is CCC(C)C1[C@](F)(Oc2ccn(-c3ccc(S(C)(=O)=O)cc3)c(=O)c2)C[C@@H]2CC[C@@]1(F)N2C(=O)O. The first-order valence-electron chi connectivity index (χ1n) is 11.4. The van der Waals surface area contributed by atoms with Crippen LogP contribution in [-0.2, 0) is 9.84 Å². The fourth-order valence-corrected chi connectivity index (χ4v) is 6.13. The Morgan fingerprint density at radius 1 is 1.26 bits per heavy atom. The molecule has 0 aliphatic carbocycles. The molecule has 3 heterocycles. The third-order valence-electron chi connectivity index (χ3n) is 7.19. The van der Waals surface area contributed by atoms with E-state index in [9.17, 15) is 23.1 Å². The van der Waals surface area contributed by atoms with Crippen LogP contribution >= 0.6 is 0 Å². The minimum Gasteiger partial charge on any atom is -0.465 e. The molecule has 0 spiro atoms. The average molecular weight is 511 g/mol. The normalized spacial score (nSPS) is 29.1. The van der Waals surface area contributed by atoms with Gasteiger partial charge in [-0.05, 0) is 42.7 Å². The Hall–Kier alpha value is -2.95. The summed E-state index contributed by atoms with van der Waals surface area (Å²) in [6, 6.07) is 7.28. The van der Waals surface area contributed by atoms with Gasteiger partial charge in [0.15, 0.2) is 15.6 Å². The fraction of sp³-hybridized carbons (Fsp3) is 0.500. The van der Waals surface area contributed by atoms with Crippen molar-refractivity contribution in [2.24, 2.45) is 11.8 Å². The summed E-state index contributed by atoms with van der Waals surface area (Å²) in [6.07, 6.45) is 1.17. The van der Waals surface area contributed by atoms with Crippen LogP contribution in [0.4, 0.5) is 13.6 Å². The second-order valence-electron chi connectivity index (χ2n) is 9.46. The maximum atomic E-state index is 16.4. The number of rotatable bonds is 6. The zero-order chi connectivity index (χ0) is 25.8. The van der Waals surface area contributed by atoms with E-state index in [1.165, 1.54) is 41.1 Å². The summed E-state index contributed by atoms with van der Waals surface area (Å²) >= 11 is 0.